The number of carbonyl (C=O) groups excluding carboxylic acids is 2. The van der Waals surface area contributed by atoms with Crippen LogP contribution in [0.2, 0.25) is 0 Å². The van der Waals surface area contributed by atoms with Crippen molar-refractivity contribution >= 4 is 24.2 Å². The first kappa shape index (κ1) is 23.4. The van der Waals surface area contributed by atoms with Gasteiger partial charge in [-0.2, -0.15) is 0 Å². The molecule has 2 amide bonds. The van der Waals surface area contributed by atoms with Gasteiger partial charge in [-0.1, -0.05) is 12.1 Å². The first-order valence-electron chi connectivity index (χ1n) is 8.43. The van der Waals surface area contributed by atoms with Crippen LogP contribution < -0.4 is 16.0 Å². The van der Waals surface area contributed by atoms with Crippen molar-refractivity contribution in [1.82, 2.24) is 25.9 Å². The van der Waals surface area contributed by atoms with E-state index >= 15 is 0 Å². The average molecular weight is 412 g/mol. The van der Waals surface area contributed by atoms with Gasteiger partial charge in [0.1, 0.15) is 5.82 Å². The Morgan fingerprint density at radius 1 is 0.964 bits per heavy atom. The van der Waals surface area contributed by atoms with E-state index in [0.717, 1.165) is 5.56 Å². The van der Waals surface area contributed by atoms with Gasteiger partial charge in [-0.15, -0.1) is 12.4 Å². The predicted molar refractivity (Wildman–Crippen MR) is 104 cm³/mol. The second-order valence-corrected chi connectivity index (χ2v) is 5.56. The predicted octanol–water partition coefficient (Wildman–Crippen LogP) is 0.933. The molecule has 10 heteroatoms. The van der Waals surface area contributed by atoms with E-state index in [1.54, 1.807) is 19.2 Å². The minimum absolute atomic E-state index is 0. The van der Waals surface area contributed by atoms with Gasteiger partial charge in [0.2, 0.25) is 0 Å². The summed E-state index contributed by atoms with van der Waals surface area (Å²) in [5.41, 5.74) is 0.609. The van der Waals surface area contributed by atoms with Gasteiger partial charge >= 0.3 is 0 Å². The highest BCUT2D eigenvalue weighted by Crippen LogP contribution is 2.05. The number of amides is 2. The van der Waals surface area contributed by atoms with Gasteiger partial charge in [0.25, 0.3) is 11.8 Å². The van der Waals surface area contributed by atoms with E-state index in [1.807, 2.05) is 0 Å². The van der Waals surface area contributed by atoms with E-state index in [-0.39, 0.29) is 36.2 Å². The van der Waals surface area contributed by atoms with Gasteiger partial charge in [-0.05, 0) is 17.7 Å². The molecule has 0 spiro atoms. The molecule has 0 unspecified atom stereocenters. The monoisotopic (exact) mass is 411 g/mol. The number of ether oxygens (including phenoxy) is 1. The van der Waals surface area contributed by atoms with Crippen molar-refractivity contribution in [3.05, 3.63) is 59.4 Å². The molecule has 2 rings (SSSR count). The highest BCUT2D eigenvalue weighted by atomic mass is 35.5. The van der Waals surface area contributed by atoms with Crippen molar-refractivity contribution in [3.63, 3.8) is 0 Å². The molecule has 0 atom stereocenters. The van der Waals surface area contributed by atoms with Crippen LogP contribution in [0.5, 0.6) is 0 Å². The average Bonchev–Trinajstić information content (AvgIpc) is 2.69. The fourth-order valence-corrected chi connectivity index (χ4v) is 2.19. The van der Waals surface area contributed by atoms with Crippen LogP contribution in [-0.4, -0.2) is 55.1 Å². The standard InChI is InChI=1S/C18H22FN5O3.ClH/c1-27-11-10-20-6-7-23-17(25)15-16(22-9-8-21-15)18(26)24-12-13-2-4-14(19)5-3-13;/h2-5,8-9,20H,6-7,10-12H2,1H3,(H,23,25)(H,24,26);1H. The minimum Gasteiger partial charge on any atom is -0.383 e. The Hall–Kier alpha value is -2.62. The van der Waals surface area contributed by atoms with E-state index in [1.165, 1.54) is 24.5 Å². The Morgan fingerprint density at radius 2 is 1.57 bits per heavy atom. The molecule has 8 nitrogen and oxygen atoms in total. The molecule has 1 heterocycles. The lowest BCUT2D eigenvalue weighted by molar-refractivity contribution is 0.0910. The third-order valence-electron chi connectivity index (χ3n) is 3.57. The third kappa shape index (κ3) is 7.55. The molecule has 0 aliphatic carbocycles. The first-order chi connectivity index (χ1) is 13.1. The maximum absolute atomic E-state index is 12.9. The number of rotatable bonds is 10. The zero-order valence-corrected chi connectivity index (χ0v) is 16.2. The van der Waals surface area contributed by atoms with Crippen LogP contribution in [0.4, 0.5) is 4.39 Å². The molecular weight excluding hydrogens is 389 g/mol. The molecule has 0 aliphatic heterocycles. The lowest BCUT2D eigenvalue weighted by Gasteiger charge is -2.09. The maximum atomic E-state index is 12.9. The van der Waals surface area contributed by atoms with Gasteiger partial charge in [0.15, 0.2) is 11.4 Å². The quantitative estimate of drug-likeness (QED) is 0.502. The number of nitrogens with one attached hydrogen (secondary N) is 3. The Labute approximate surface area is 168 Å². The van der Waals surface area contributed by atoms with Crippen LogP contribution >= 0.6 is 12.4 Å². The fraction of sp³-hybridized carbons (Fsp3) is 0.333. The summed E-state index contributed by atoms with van der Waals surface area (Å²) in [6.45, 7) is 2.36. The number of nitrogens with zero attached hydrogens (tertiary/aromatic N) is 2. The van der Waals surface area contributed by atoms with E-state index < -0.39 is 11.8 Å². The summed E-state index contributed by atoms with van der Waals surface area (Å²) in [7, 11) is 1.61. The summed E-state index contributed by atoms with van der Waals surface area (Å²) in [6, 6.07) is 5.75. The number of carbonyl (C=O) groups is 2. The van der Waals surface area contributed by atoms with Gasteiger partial charge in [-0.25, -0.2) is 14.4 Å². The van der Waals surface area contributed by atoms with Crippen LogP contribution in [0.1, 0.15) is 26.5 Å². The number of methoxy groups -OCH3 is 1. The molecular formula is C18H23ClFN5O3. The summed E-state index contributed by atoms with van der Waals surface area (Å²) < 4.78 is 17.8. The molecule has 0 aliphatic rings. The molecule has 3 N–H and O–H groups in total. The highest BCUT2D eigenvalue weighted by molar-refractivity contribution is 6.04. The molecule has 0 fully saturated rings. The zero-order valence-electron chi connectivity index (χ0n) is 15.4. The molecule has 2 aromatic rings. The van der Waals surface area contributed by atoms with E-state index in [4.69, 9.17) is 4.74 Å². The van der Waals surface area contributed by atoms with Crippen LogP contribution in [0.15, 0.2) is 36.7 Å². The molecule has 1 aromatic heterocycles. The SMILES string of the molecule is COCCNCCNC(=O)c1nccnc1C(=O)NCc1ccc(F)cc1.Cl. The third-order valence-corrected chi connectivity index (χ3v) is 3.57. The smallest absolute Gasteiger partial charge is 0.272 e. The Morgan fingerprint density at radius 3 is 2.18 bits per heavy atom. The van der Waals surface area contributed by atoms with Crippen LogP contribution in [0.3, 0.4) is 0 Å². The first-order valence-corrected chi connectivity index (χ1v) is 8.43. The Bertz CT molecular complexity index is 761. The largest absolute Gasteiger partial charge is 0.383 e. The van der Waals surface area contributed by atoms with Crippen LogP contribution in [-0.2, 0) is 11.3 Å². The van der Waals surface area contributed by atoms with Gasteiger partial charge in [0, 0.05) is 45.7 Å². The van der Waals surface area contributed by atoms with Crippen molar-refractivity contribution in [2.24, 2.45) is 0 Å². The Kier molecular flexibility index (Phi) is 10.6. The second-order valence-electron chi connectivity index (χ2n) is 5.56. The van der Waals surface area contributed by atoms with Gasteiger partial charge in [-0.3, -0.25) is 9.59 Å². The lowest BCUT2D eigenvalue weighted by Crippen LogP contribution is -2.35. The lowest BCUT2D eigenvalue weighted by atomic mass is 10.2. The molecule has 0 saturated carbocycles. The van der Waals surface area contributed by atoms with Gasteiger partial charge < -0.3 is 20.7 Å². The van der Waals surface area contributed by atoms with Crippen molar-refractivity contribution in [1.29, 1.82) is 0 Å². The number of hydrogen-bond donors (Lipinski definition) is 3. The Balaban J connectivity index is 0.00000392. The molecule has 0 saturated heterocycles. The molecule has 0 radical (unpaired) electrons. The number of benzene rings is 1. The second kappa shape index (κ2) is 12.7. The van der Waals surface area contributed by atoms with Crippen molar-refractivity contribution in [3.8, 4) is 0 Å². The molecule has 1 aromatic carbocycles. The number of hydrogen-bond acceptors (Lipinski definition) is 6. The van der Waals surface area contributed by atoms with E-state index in [9.17, 15) is 14.0 Å². The highest BCUT2D eigenvalue weighted by Gasteiger charge is 2.19. The minimum atomic E-state index is -0.532. The number of aromatic nitrogens is 2. The summed E-state index contributed by atoms with van der Waals surface area (Å²) in [5.74, 6) is -1.37. The van der Waals surface area contributed by atoms with Gasteiger partial charge in [0.05, 0.1) is 6.61 Å². The maximum Gasteiger partial charge on any atom is 0.272 e. The van der Waals surface area contributed by atoms with Crippen molar-refractivity contribution in [2.45, 2.75) is 6.54 Å². The fourth-order valence-electron chi connectivity index (χ4n) is 2.19. The zero-order chi connectivity index (χ0) is 19.5. The molecule has 152 valence electrons. The van der Waals surface area contributed by atoms with E-state index in [0.29, 0.717) is 26.2 Å². The summed E-state index contributed by atoms with van der Waals surface area (Å²) in [5, 5.41) is 8.43. The summed E-state index contributed by atoms with van der Waals surface area (Å²) >= 11 is 0. The van der Waals surface area contributed by atoms with Crippen LogP contribution in [0, 0.1) is 5.82 Å². The number of halogens is 2. The van der Waals surface area contributed by atoms with Crippen LogP contribution in [0.25, 0.3) is 0 Å². The van der Waals surface area contributed by atoms with Crippen molar-refractivity contribution < 1.29 is 18.7 Å². The summed E-state index contributed by atoms with van der Waals surface area (Å²) in [6.07, 6.45) is 2.69. The molecule has 0 bridgehead atoms. The summed E-state index contributed by atoms with van der Waals surface area (Å²) in [4.78, 5) is 32.6. The van der Waals surface area contributed by atoms with Crippen molar-refractivity contribution in [2.75, 3.05) is 33.4 Å². The normalized spacial score (nSPS) is 10.1. The topological polar surface area (TPSA) is 105 Å². The van der Waals surface area contributed by atoms with E-state index in [2.05, 4.69) is 25.9 Å². The molecule has 28 heavy (non-hydrogen) atoms.